The minimum absolute atomic E-state index is 0.00390. The molecule has 1 saturated carbocycles. The highest BCUT2D eigenvalue weighted by Crippen LogP contribution is 2.40. The van der Waals surface area contributed by atoms with Crippen molar-refractivity contribution in [3.63, 3.8) is 0 Å². The first kappa shape index (κ1) is 16.3. The molecule has 2 rings (SSSR count). The van der Waals surface area contributed by atoms with Gasteiger partial charge in [-0.25, -0.2) is 0 Å². The van der Waals surface area contributed by atoms with Gasteiger partial charge in [-0.05, 0) is 57.2 Å². The fourth-order valence-corrected chi connectivity index (χ4v) is 3.27. The molecule has 1 unspecified atom stereocenters. The monoisotopic (exact) mass is 291 g/mol. The molecule has 0 amide bonds. The number of rotatable bonds is 8. The van der Waals surface area contributed by atoms with E-state index in [0.29, 0.717) is 6.04 Å². The molecule has 1 fully saturated rings. The van der Waals surface area contributed by atoms with Crippen LogP contribution in [0.3, 0.4) is 0 Å². The first-order valence-electron chi connectivity index (χ1n) is 8.07. The van der Waals surface area contributed by atoms with Crippen molar-refractivity contribution in [2.24, 2.45) is 0 Å². The van der Waals surface area contributed by atoms with Crippen molar-refractivity contribution in [1.29, 1.82) is 0 Å². The summed E-state index contributed by atoms with van der Waals surface area (Å²) in [5.41, 5.74) is 2.55. The maximum atomic E-state index is 5.91. The topological polar surface area (TPSA) is 30.5 Å². The molecule has 0 heterocycles. The standard InChI is InChI=1S/C18H29NO2/c1-5-11-19-17(18(21-4)9-6-10-18)13-15-12-14(2)7-8-16(15)20-3/h7-8,12,17,19H,5-6,9-11,13H2,1-4H3. The maximum absolute atomic E-state index is 5.91. The van der Waals surface area contributed by atoms with Crippen molar-refractivity contribution in [1.82, 2.24) is 5.32 Å². The van der Waals surface area contributed by atoms with Crippen LogP contribution < -0.4 is 10.1 Å². The number of aryl methyl sites for hydroxylation is 1. The summed E-state index contributed by atoms with van der Waals surface area (Å²) in [6, 6.07) is 6.77. The van der Waals surface area contributed by atoms with Gasteiger partial charge < -0.3 is 14.8 Å². The molecule has 1 aliphatic carbocycles. The quantitative estimate of drug-likeness (QED) is 0.795. The van der Waals surface area contributed by atoms with Crippen LogP contribution in [0.25, 0.3) is 0 Å². The highest BCUT2D eigenvalue weighted by atomic mass is 16.5. The molecule has 1 aliphatic rings. The van der Waals surface area contributed by atoms with Gasteiger partial charge in [0.2, 0.25) is 0 Å². The predicted molar refractivity (Wildman–Crippen MR) is 87.1 cm³/mol. The van der Waals surface area contributed by atoms with E-state index >= 15 is 0 Å². The lowest BCUT2D eigenvalue weighted by atomic mass is 9.72. The van der Waals surface area contributed by atoms with Crippen LogP contribution in [0.5, 0.6) is 5.75 Å². The normalized spacial score (nSPS) is 18.1. The van der Waals surface area contributed by atoms with Gasteiger partial charge in [0.15, 0.2) is 0 Å². The average Bonchev–Trinajstić information content (AvgIpc) is 2.44. The minimum atomic E-state index is 0.00390. The Kier molecular flexibility index (Phi) is 5.65. The third-order valence-corrected chi connectivity index (χ3v) is 4.74. The molecular weight excluding hydrogens is 262 g/mol. The summed E-state index contributed by atoms with van der Waals surface area (Å²) in [5.74, 6) is 0.981. The van der Waals surface area contributed by atoms with Crippen LogP contribution in [0.2, 0.25) is 0 Å². The molecule has 0 aliphatic heterocycles. The van der Waals surface area contributed by atoms with Gasteiger partial charge in [-0.2, -0.15) is 0 Å². The Morgan fingerprint density at radius 1 is 1.29 bits per heavy atom. The van der Waals surface area contributed by atoms with E-state index in [1.54, 1.807) is 7.11 Å². The summed E-state index contributed by atoms with van der Waals surface area (Å²) in [6.07, 6.45) is 5.67. The zero-order valence-corrected chi connectivity index (χ0v) is 13.9. The highest BCUT2D eigenvalue weighted by Gasteiger charge is 2.44. The van der Waals surface area contributed by atoms with E-state index in [1.165, 1.54) is 17.5 Å². The molecule has 0 radical (unpaired) electrons. The van der Waals surface area contributed by atoms with Gasteiger partial charge in [0.25, 0.3) is 0 Å². The van der Waals surface area contributed by atoms with Crippen LogP contribution in [0.1, 0.15) is 43.7 Å². The third-order valence-electron chi connectivity index (χ3n) is 4.74. The zero-order chi connectivity index (χ0) is 15.3. The number of benzene rings is 1. The Hall–Kier alpha value is -1.06. The summed E-state index contributed by atoms with van der Waals surface area (Å²) in [4.78, 5) is 0. The Bertz CT molecular complexity index is 449. The van der Waals surface area contributed by atoms with E-state index in [4.69, 9.17) is 9.47 Å². The molecule has 0 aromatic heterocycles. The minimum Gasteiger partial charge on any atom is -0.496 e. The predicted octanol–water partition coefficient (Wildman–Crippen LogP) is 3.48. The molecule has 1 aromatic rings. The van der Waals surface area contributed by atoms with E-state index < -0.39 is 0 Å². The van der Waals surface area contributed by atoms with Crippen molar-refractivity contribution < 1.29 is 9.47 Å². The summed E-state index contributed by atoms with van der Waals surface area (Å²) in [6.45, 7) is 5.37. The Morgan fingerprint density at radius 3 is 2.57 bits per heavy atom. The average molecular weight is 291 g/mol. The van der Waals surface area contributed by atoms with E-state index in [2.05, 4.69) is 37.4 Å². The van der Waals surface area contributed by atoms with Gasteiger partial charge in [0.05, 0.1) is 12.7 Å². The van der Waals surface area contributed by atoms with Crippen molar-refractivity contribution in [3.8, 4) is 5.75 Å². The van der Waals surface area contributed by atoms with Gasteiger partial charge in [-0.1, -0.05) is 24.6 Å². The van der Waals surface area contributed by atoms with Crippen molar-refractivity contribution in [3.05, 3.63) is 29.3 Å². The van der Waals surface area contributed by atoms with Gasteiger partial charge >= 0.3 is 0 Å². The zero-order valence-electron chi connectivity index (χ0n) is 13.9. The Labute approximate surface area is 129 Å². The molecular formula is C18H29NO2. The van der Waals surface area contributed by atoms with E-state index in [-0.39, 0.29) is 5.60 Å². The van der Waals surface area contributed by atoms with Gasteiger partial charge in [0.1, 0.15) is 5.75 Å². The largest absolute Gasteiger partial charge is 0.496 e. The number of ether oxygens (including phenoxy) is 2. The Morgan fingerprint density at radius 2 is 2.05 bits per heavy atom. The van der Waals surface area contributed by atoms with Gasteiger partial charge in [-0.15, -0.1) is 0 Å². The lowest BCUT2D eigenvalue weighted by Crippen LogP contribution is -2.57. The van der Waals surface area contributed by atoms with Crippen molar-refractivity contribution in [2.75, 3.05) is 20.8 Å². The SMILES string of the molecule is CCCNC(Cc1cc(C)ccc1OC)C1(OC)CCC1. The second kappa shape index (κ2) is 7.28. The van der Waals surface area contributed by atoms with Crippen LogP contribution in [-0.4, -0.2) is 32.4 Å². The highest BCUT2D eigenvalue weighted by molar-refractivity contribution is 5.38. The van der Waals surface area contributed by atoms with Crippen LogP contribution in [0, 0.1) is 6.92 Å². The molecule has 0 saturated heterocycles. The molecule has 21 heavy (non-hydrogen) atoms. The summed E-state index contributed by atoms with van der Waals surface area (Å²) >= 11 is 0. The molecule has 1 aromatic carbocycles. The molecule has 0 bridgehead atoms. The second-order valence-corrected chi connectivity index (χ2v) is 6.15. The van der Waals surface area contributed by atoms with Crippen LogP contribution in [0.15, 0.2) is 18.2 Å². The molecule has 3 heteroatoms. The number of methoxy groups -OCH3 is 2. The van der Waals surface area contributed by atoms with Gasteiger partial charge in [0, 0.05) is 13.2 Å². The first-order chi connectivity index (χ1) is 10.1. The maximum Gasteiger partial charge on any atom is 0.122 e. The third kappa shape index (κ3) is 3.58. The van der Waals surface area contributed by atoms with Crippen molar-refractivity contribution in [2.45, 2.75) is 57.6 Å². The second-order valence-electron chi connectivity index (χ2n) is 6.15. The lowest BCUT2D eigenvalue weighted by molar-refractivity contribution is -0.0981. The van der Waals surface area contributed by atoms with E-state index in [0.717, 1.165) is 38.0 Å². The first-order valence-corrected chi connectivity index (χ1v) is 8.07. The fraction of sp³-hybridized carbons (Fsp3) is 0.667. The van der Waals surface area contributed by atoms with Crippen LogP contribution in [0.4, 0.5) is 0 Å². The van der Waals surface area contributed by atoms with E-state index in [1.807, 2.05) is 7.11 Å². The smallest absolute Gasteiger partial charge is 0.122 e. The molecule has 1 N–H and O–H groups in total. The Balaban J connectivity index is 2.20. The summed E-state index contributed by atoms with van der Waals surface area (Å²) < 4.78 is 11.4. The lowest BCUT2D eigenvalue weighted by Gasteiger charge is -2.47. The molecule has 118 valence electrons. The van der Waals surface area contributed by atoms with Crippen molar-refractivity contribution >= 4 is 0 Å². The van der Waals surface area contributed by atoms with Crippen LogP contribution in [-0.2, 0) is 11.2 Å². The van der Waals surface area contributed by atoms with E-state index in [9.17, 15) is 0 Å². The summed E-state index contributed by atoms with van der Waals surface area (Å²) in [7, 11) is 3.60. The summed E-state index contributed by atoms with van der Waals surface area (Å²) in [5, 5.41) is 3.70. The van der Waals surface area contributed by atoms with Crippen LogP contribution >= 0.6 is 0 Å². The number of nitrogens with one attached hydrogen (secondary N) is 1. The number of hydrogen-bond donors (Lipinski definition) is 1. The fourth-order valence-electron chi connectivity index (χ4n) is 3.27. The van der Waals surface area contributed by atoms with Gasteiger partial charge in [-0.3, -0.25) is 0 Å². The number of hydrogen-bond acceptors (Lipinski definition) is 3. The molecule has 0 spiro atoms. The molecule has 3 nitrogen and oxygen atoms in total. The molecule has 1 atom stereocenters.